The van der Waals surface area contributed by atoms with Gasteiger partial charge in [0.15, 0.2) is 15.8 Å². The lowest BCUT2D eigenvalue weighted by Gasteiger charge is -2.04. The Morgan fingerprint density at radius 2 is 2.24 bits per heavy atom. The number of nitrogen functional groups attached to an aromatic ring is 1. The summed E-state index contributed by atoms with van der Waals surface area (Å²) in [6.45, 7) is 1.64. The number of nitrogens with two attached hydrogens (primary N) is 1. The lowest BCUT2D eigenvalue weighted by Crippen LogP contribution is -2.15. The Labute approximate surface area is 102 Å². The third-order valence-electron chi connectivity index (χ3n) is 2.23. The Morgan fingerprint density at radius 3 is 2.71 bits per heavy atom. The normalized spacial score (nSPS) is 11.6. The zero-order valence-corrected chi connectivity index (χ0v) is 10.8. The fraction of sp³-hybridized carbons (Fsp3) is 0.250. The standard InChI is InChI=1S/C8H11N5O2S2/c1-5-6(7(9)11-13(5)2)17(14,15)12-8-10-3-4-16-8/h3-4H,1-2H3,(H2,9,11)(H,10,12). The summed E-state index contributed by atoms with van der Waals surface area (Å²) in [6, 6.07) is 0. The fourth-order valence-electron chi connectivity index (χ4n) is 1.39. The quantitative estimate of drug-likeness (QED) is 0.851. The van der Waals surface area contributed by atoms with Crippen molar-refractivity contribution >= 4 is 32.3 Å². The van der Waals surface area contributed by atoms with E-state index in [4.69, 9.17) is 5.73 Å². The van der Waals surface area contributed by atoms with Gasteiger partial charge >= 0.3 is 0 Å². The second-order valence-corrected chi connectivity index (χ2v) is 5.88. The highest BCUT2D eigenvalue weighted by Crippen LogP contribution is 2.24. The van der Waals surface area contributed by atoms with Crippen LogP contribution in [-0.2, 0) is 17.1 Å². The molecule has 7 nitrogen and oxygen atoms in total. The average molecular weight is 273 g/mol. The van der Waals surface area contributed by atoms with E-state index >= 15 is 0 Å². The minimum Gasteiger partial charge on any atom is -0.381 e. The predicted octanol–water partition coefficient (Wildman–Crippen LogP) is 0.568. The number of aromatic nitrogens is 3. The van der Waals surface area contributed by atoms with Gasteiger partial charge in [-0.15, -0.1) is 11.3 Å². The van der Waals surface area contributed by atoms with Crippen molar-refractivity contribution in [3.05, 3.63) is 17.3 Å². The van der Waals surface area contributed by atoms with Crippen LogP contribution in [0.25, 0.3) is 0 Å². The summed E-state index contributed by atoms with van der Waals surface area (Å²) >= 11 is 1.19. The molecule has 2 heterocycles. The first-order chi connectivity index (χ1) is 7.92. The fourth-order valence-corrected chi connectivity index (χ4v) is 3.50. The van der Waals surface area contributed by atoms with Crippen molar-refractivity contribution in [1.29, 1.82) is 0 Å². The molecule has 0 atom stereocenters. The molecule has 17 heavy (non-hydrogen) atoms. The van der Waals surface area contributed by atoms with E-state index in [0.29, 0.717) is 10.8 Å². The number of hydrogen-bond donors (Lipinski definition) is 2. The van der Waals surface area contributed by atoms with Gasteiger partial charge in [-0.05, 0) is 6.92 Å². The van der Waals surface area contributed by atoms with Crippen LogP contribution in [0.15, 0.2) is 16.5 Å². The van der Waals surface area contributed by atoms with Crippen LogP contribution in [0.4, 0.5) is 10.9 Å². The zero-order valence-electron chi connectivity index (χ0n) is 9.21. The highest BCUT2D eigenvalue weighted by molar-refractivity contribution is 7.93. The molecule has 0 aliphatic rings. The molecule has 2 aromatic rings. The molecule has 0 aliphatic heterocycles. The van der Waals surface area contributed by atoms with Crippen molar-refractivity contribution < 1.29 is 8.42 Å². The summed E-state index contributed by atoms with van der Waals surface area (Å²) in [4.78, 5) is 3.85. The van der Waals surface area contributed by atoms with Crippen LogP contribution in [-0.4, -0.2) is 23.2 Å². The summed E-state index contributed by atoms with van der Waals surface area (Å²) in [7, 11) is -2.10. The van der Waals surface area contributed by atoms with E-state index in [0.717, 1.165) is 0 Å². The first-order valence-electron chi connectivity index (χ1n) is 4.63. The summed E-state index contributed by atoms with van der Waals surface area (Å²) in [5.74, 6) is -0.0194. The third-order valence-corrected chi connectivity index (χ3v) is 4.55. The highest BCUT2D eigenvalue weighted by Gasteiger charge is 2.25. The van der Waals surface area contributed by atoms with Crippen LogP contribution in [0.5, 0.6) is 0 Å². The van der Waals surface area contributed by atoms with E-state index in [1.54, 1.807) is 19.4 Å². The first kappa shape index (κ1) is 11.9. The Hall–Kier alpha value is -1.61. The number of sulfonamides is 1. The van der Waals surface area contributed by atoms with Crippen molar-refractivity contribution in [1.82, 2.24) is 14.8 Å². The maximum Gasteiger partial charge on any atom is 0.269 e. The van der Waals surface area contributed by atoms with Crippen molar-refractivity contribution in [2.75, 3.05) is 10.5 Å². The van der Waals surface area contributed by atoms with Gasteiger partial charge in [-0.1, -0.05) is 0 Å². The minimum absolute atomic E-state index is 0.00444. The largest absolute Gasteiger partial charge is 0.381 e. The number of anilines is 2. The topological polar surface area (TPSA) is 103 Å². The van der Waals surface area contributed by atoms with Crippen molar-refractivity contribution in [2.45, 2.75) is 11.8 Å². The summed E-state index contributed by atoms with van der Waals surface area (Å²) < 4.78 is 27.9. The van der Waals surface area contributed by atoms with Crippen LogP contribution in [0.3, 0.4) is 0 Å². The van der Waals surface area contributed by atoms with E-state index < -0.39 is 10.0 Å². The molecular formula is C8H11N5O2S2. The molecule has 9 heteroatoms. The molecule has 0 saturated carbocycles. The summed E-state index contributed by atoms with van der Waals surface area (Å²) in [5.41, 5.74) is 6.07. The van der Waals surface area contributed by atoms with E-state index in [1.165, 1.54) is 22.2 Å². The van der Waals surface area contributed by atoms with Crippen LogP contribution in [0.1, 0.15) is 5.69 Å². The Kier molecular flexibility index (Phi) is 2.79. The Morgan fingerprint density at radius 1 is 1.53 bits per heavy atom. The van der Waals surface area contributed by atoms with Gasteiger partial charge < -0.3 is 5.73 Å². The van der Waals surface area contributed by atoms with Gasteiger partial charge in [-0.3, -0.25) is 9.40 Å². The zero-order chi connectivity index (χ0) is 12.6. The molecule has 0 aliphatic carbocycles. The number of nitrogens with zero attached hydrogens (tertiary/aromatic N) is 3. The van der Waals surface area contributed by atoms with Crippen molar-refractivity contribution in [2.24, 2.45) is 7.05 Å². The van der Waals surface area contributed by atoms with Gasteiger partial charge in [0, 0.05) is 18.6 Å². The predicted molar refractivity (Wildman–Crippen MR) is 65.3 cm³/mol. The molecular weight excluding hydrogens is 262 g/mol. The van der Waals surface area contributed by atoms with Gasteiger partial charge in [-0.25, -0.2) is 13.4 Å². The van der Waals surface area contributed by atoms with Gasteiger partial charge in [0.1, 0.15) is 0 Å². The smallest absolute Gasteiger partial charge is 0.269 e. The average Bonchev–Trinajstić information content (AvgIpc) is 2.76. The number of thiazole rings is 1. The van der Waals surface area contributed by atoms with E-state index in [9.17, 15) is 8.42 Å². The third kappa shape index (κ3) is 2.11. The molecule has 0 amide bonds. The SMILES string of the molecule is Cc1c(S(=O)(=O)Nc2nccs2)c(N)nn1C. The number of aryl methyl sites for hydroxylation is 1. The Balaban J connectivity index is 2.45. The van der Waals surface area contributed by atoms with Crippen molar-refractivity contribution in [3.8, 4) is 0 Å². The molecule has 0 unspecified atom stereocenters. The van der Waals surface area contributed by atoms with E-state index in [2.05, 4.69) is 14.8 Å². The molecule has 2 aromatic heterocycles. The molecule has 3 N–H and O–H groups in total. The van der Waals surface area contributed by atoms with Gasteiger partial charge in [0.05, 0.1) is 5.69 Å². The van der Waals surface area contributed by atoms with Crippen LogP contribution < -0.4 is 10.5 Å². The molecule has 0 spiro atoms. The van der Waals surface area contributed by atoms with Crippen LogP contribution in [0.2, 0.25) is 0 Å². The van der Waals surface area contributed by atoms with Crippen LogP contribution in [0, 0.1) is 6.92 Å². The highest BCUT2D eigenvalue weighted by atomic mass is 32.2. The van der Waals surface area contributed by atoms with Crippen LogP contribution >= 0.6 is 11.3 Å². The maximum atomic E-state index is 12.1. The monoisotopic (exact) mass is 273 g/mol. The molecule has 0 radical (unpaired) electrons. The number of hydrogen-bond acceptors (Lipinski definition) is 6. The second kappa shape index (κ2) is 4.00. The second-order valence-electron chi connectivity index (χ2n) is 3.37. The molecule has 0 aromatic carbocycles. The van der Waals surface area contributed by atoms with E-state index in [-0.39, 0.29) is 10.7 Å². The van der Waals surface area contributed by atoms with Gasteiger partial charge in [0.2, 0.25) is 0 Å². The summed E-state index contributed by atoms with van der Waals surface area (Å²) in [6.07, 6.45) is 1.52. The van der Waals surface area contributed by atoms with Crippen molar-refractivity contribution in [3.63, 3.8) is 0 Å². The lowest BCUT2D eigenvalue weighted by molar-refractivity contribution is 0.600. The lowest BCUT2D eigenvalue weighted by atomic mass is 10.5. The Bertz CT molecular complexity index is 629. The molecule has 92 valence electrons. The summed E-state index contributed by atoms with van der Waals surface area (Å²) in [5, 5.41) is 5.84. The molecule has 2 rings (SSSR count). The van der Waals surface area contributed by atoms with Gasteiger partial charge in [0.25, 0.3) is 10.0 Å². The number of nitrogens with one attached hydrogen (secondary N) is 1. The maximum absolute atomic E-state index is 12.1. The molecule has 0 fully saturated rings. The van der Waals surface area contributed by atoms with E-state index in [1.807, 2.05) is 0 Å². The van der Waals surface area contributed by atoms with Gasteiger partial charge in [-0.2, -0.15) is 5.10 Å². The molecule has 0 saturated heterocycles. The molecule has 0 bridgehead atoms. The minimum atomic E-state index is -3.73. The number of rotatable bonds is 3. The first-order valence-corrected chi connectivity index (χ1v) is 6.99.